The van der Waals surface area contributed by atoms with Crippen LogP contribution < -0.4 is 0 Å². The number of rotatable bonds is 7. The fraction of sp³-hybridized carbons (Fsp3) is 0.250. The summed E-state index contributed by atoms with van der Waals surface area (Å²) in [5, 5.41) is 33.0. The molecule has 0 spiro atoms. The van der Waals surface area contributed by atoms with Crippen LogP contribution in [-0.4, -0.2) is 42.6 Å². The van der Waals surface area contributed by atoms with Gasteiger partial charge in [0.2, 0.25) is 5.82 Å². The second-order valence-electron chi connectivity index (χ2n) is 6.73. The van der Waals surface area contributed by atoms with Gasteiger partial charge in [0.05, 0.1) is 6.54 Å². The molecule has 3 aromatic rings. The van der Waals surface area contributed by atoms with E-state index in [9.17, 15) is 15.2 Å². The topological polar surface area (TPSA) is 119 Å². The molecule has 1 heterocycles. The quantitative estimate of drug-likeness (QED) is 0.480. The van der Waals surface area contributed by atoms with E-state index in [0.29, 0.717) is 5.82 Å². The van der Waals surface area contributed by atoms with Crippen LogP contribution in [-0.2, 0) is 11.3 Å². The van der Waals surface area contributed by atoms with E-state index >= 15 is 0 Å². The van der Waals surface area contributed by atoms with Gasteiger partial charge in [0.1, 0.15) is 6.04 Å². The van der Waals surface area contributed by atoms with Crippen molar-refractivity contribution in [1.82, 2.24) is 25.5 Å². The summed E-state index contributed by atoms with van der Waals surface area (Å²) in [4.78, 5) is 12.8. The number of hydrogen-bond acceptors (Lipinski definition) is 6. The summed E-state index contributed by atoms with van der Waals surface area (Å²) in [6, 6.07) is 14.6. The molecule has 0 saturated carbocycles. The maximum Gasteiger partial charge on any atom is 0.327 e. The zero-order chi connectivity index (χ0) is 20.1. The van der Waals surface area contributed by atoms with Crippen LogP contribution in [0.15, 0.2) is 48.5 Å². The molecular formula is C20H20N6O2. The average molecular weight is 376 g/mol. The Morgan fingerprint density at radius 1 is 1.18 bits per heavy atom. The van der Waals surface area contributed by atoms with E-state index in [1.807, 2.05) is 54.7 Å². The van der Waals surface area contributed by atoms with Gasteiger partial charge in [-0.2, -0.15) is 10.5 Å². The number of nitriles is 1. The molecule has 3 rings (SSSR count). The van der Waals surface area contributed by atoms with Crippen molar-refractivity contribution in [1.29, 1.82) is 5.26 Å². The fourth-order valence-corrected chi connectivity index (χ4v) is 3.17. The highest BCUT2D eigenvalue weighted by molar-refractivity contribution is 5.80. The Morgan fingerprint density at radius 2 is 1.86 bits per heavy atom. The lowest BCUT2D eigenvalue weighted by atomic mass is 9.98. The minimum Gasteiger partial charge on any atom is -0.480 e. The summed E-state index contributed by atoms with van der Waals surface area (Å²) in [7, 11) is 0. The summed E-state index contributed by atoms with van der Waals surface area (Å²) < 4.78 is 0. The molecule has 0 amide bonds. The Kier molecular flexibility index (Phi) is 5.65. The molecule has 8 nitrogen and oxygen atoms in total. The summed E-state index contributed by atoms with van der Waals surface area (Å²) >= 11 is 0. The molecule has 0 saturated heterocycles. The van der Waals surface area contributed by atoms with Crippen molar-refractivity contribution in [2.24, 2.45) is 5.92 Å². The Morgan fingerprint density at radius 3 is 2.39 bits per heavy atom. The molecule has 0 aliphatic heterocycles. The van der Waals surface area contributed by atoms with Crippen LogP contribution in [0.1, 0.15) is 19.4 Å². The molecule has 142 valence electrons. The SMILES string of the molecule is CC(C)[C@@H](C(=O)O)N(C#N)Cc1ccc(-c2ccccc2-c2nn[nH]n2)cc1. The van der Waals surface area contributed by atoms with Crippen LogP contribution in [0.4, 0.5) is 0 Å². The number of carboxylic acid groups (broad SMARTS) is 1. The first-order valence-corrected chi connectivity index (χ1v) is 8.82. The van der Waals surface area contributed by atoms with Gasteiger partial charge in [0.15, 0.2) is 6.19 Å². The smallest absolute Gasteiger partial charge is 0.327 e. The number of carbonyl (C=O) groups is 1. The Labute approximate surface area is 162 Å². The Balaban J connectivity index is 1.85. The second-order valence-corrected chi connectivity index (χ2v) is 6.73. The van der Waals surface area contributed by atoms with Crippen molar-refractivity contribution >= 4 is 5.97 Å². The van der Waals surface area contributed by atoms with Crippen LogP contribution in [0.2, 0.25) is 0 Å². The van der Waals surface area contributed by atoms with Crippen molar-refractivity contribution in [2.75, 3.05) is 0 Å². The molecule has 1 aromatic heterocycles. The molecule has 0 bridgehead atoms. The number of carboxylic acids is 1. The summed E-state index contributed by atoms with van der Waals surface area (Å²) in [5.74, 6) is -0.669. The van der Waals surface area contributed by atoms with Gasteiger partial charge in [0, 0.05) is 5.56 Å². The lowest BCUT2D eigenvalue weighted by Crippen LogP contribution is -2.41. The summed E-state index contributed by atoms with van der Waals surface area (Å²) in [6.07, 6.45) is 2.01. The third-order valence-corrected chi connectivity index (χ3v) is 4.48. The molecule has 0 aliphatic carbocycles. The van der Waals surface area contributed by atoms with E-state index in [2.05, 4.69) is 20.6 Å². The number of hydrogen-bond donors (Lipinski definition) is 2. The zero-order valence-corrected chi connectivity index (χ0v) is 15.6. The lowest BCUT2D eigenvalue weighted by molar-refractivity contribution is -0.143. The molecule has 28 heavy (non-hydrogen) atoms. The van der Waals surface area contributed by atoms with Crippen molar-refractivity contribution in [3.8, 4) is 28.7 Å². The third-order valence-electron chi connectivity index (χ3n) is 4.48. The molecule has 1 atom stereocenters. The van der Waals surface area contributed by atoms with Crippen LogP contribution in [0.3, 0.4) is 0 Å². The largest absolute Gasteiger partial charge is 0.480 e. The van der Waals surface area contributed by atoms with E-state index in [1.165, 1.54) is 4.90 Å². The molecule has 0 radical (unpaired) electrons. The maximum absolute atomic E-state index is 11.5. The minimum absolute atomic E-state index is 0.182. The van der Waals surface area contributed by atoms with Crippen molar-refractivity contribution in [2.45, 2.75) is 26.4 Å². The monoisotopic (exact) mass is 376 g/mol. The lowest BCUT2D eigenvalue weighted by Gasteiger charge is -2.26. The second kappa shape index (κ2) is 8.31. The molecular weight excluding hydrogens is 356 g/mol. The molecule has 0 aliphatic rings. The predicted octanol–water partition coefficient (Wildman–Crippen LogP) is 2.93. The number of aromatic amines is 1. The average Bonchev–Trinajstić information content (AvgIpc) is 3.22. The summed E-state index contributed by atoms with van der Waals surface area (Å²) in [5.41, 5.74) is 3.63. The molecule has 2 N–H and O–H groups in total. The van der Waals surface area contributed by atoms with E-state index in [4.69, 9.17) is 0 Å². The van der Waals surface area contributed by atoms with Crippen LogP contribution in [0, 0.1) is 17.4 Å². The first kappa shape index (κ1) is 19.0. The van der Waals surface area contributed by atoms with Crippen molar-refractivity contribution in [3.63, 3.8) is 0 Å². The van der Waals surface area contributed by atoms with Crippen LogP contribution in [0.5, 0.6) is 0 Å². The van der Waals surface area contributed by atoms with Gasteiger partial charge in [-0.05, 0) is 27.8 Å². The number of aromatic nitrogens is 4. The Hall–Kier alpha value is -3.73. The van der Waals surface area contributed by atoms with Crippen LogP contribution in [0.25, 0.3) is 22.5 Å². The van der Waals surface area contributed by atoms with Gasteiger partial charge < -0.3 is 5.11 Å². The minimum atomic E-state index is -0.998. The van der Waals surface area contributed by atoms with Crippen LogP contribution >= 0.6 is 0 Å². The summed E-state index contributed by atoms with van der Waals surface area (Å²) in [6.45, 7) is 3.82. The first-order valence-electron chi connectivity index (χ1n) is 8.82. The van der Waals surface area contributed by atoms with Gasteiger partial charge in [-0.15, -0.1) is 10.2 Å². The maximum atomic E-state index is 11.5. The first-order chi connectivity index (χ1) is 13.5. The van der Waals surface area contributed by atoms with Gasteiger partial charge >= 0.3 is 5.97 Å². The fourth-order valence-electron chi connectivity index (χ4n) is 3.17. The van der Waals surface area contributed by atoms with E-state index in [-0.39, 0.29) is 12.5 Å². The number of aliphatic carboxylic acids is 1. The van der Waals surface area contributed by atoms with Gasteiger partial charge in [0.25, 0.3) is 0 Å². The zero-order valence-electron chi connectivity index (χ0n) is 15.6. The highest BCUT2D eigenvalue weighted by Crippen LogP contribution is 2.30. The van der Waals surface area contributed by atoms with Gasteiger partial charge in [-0.3, -0.25) is 4.90 Å². The van der Waals surface area contributed by atoms with E-state index < -0.39 is 12.0 Å². The predicted molar refractivity (Wildman–Crippen MR) is 102 cm³/mol. The van der Waals surface area contributed by atoms with Gasteiger partial charge in [-0.1, -0.05) is 62.4 Å². The number of H-pyrrole nitrogens is 1. The molecule has 2 aromatic carbocycles. The number of tetrazole rings is 1. The number of nitrogens with zero attached hydrogens (tertiary/aromatic N) is 5. The normalized spacial score (nSPS) is 11.8. The highest BCUT2D eigenvalue weighted by Gasteiger charge is 2.28. The van der Waals surface area contributed by atoms with Crippen molar-refractivity contribution < 1.29 is 9.90 Å². The standard InChI is InChI=1S/C20H20N6O2/c1-13(2)18(20(27)28)26(12-21)11-14-7-9-15(10-8-14)16-5-3-4-6-17(16)19-22-24-25-23-19/h3-10,13,18H,11H2,1-2H3,(H,27,28)(H,22,23,24,25)/t18-/m0/s1. The highest BCUT2D eigenvalue weighted by atomic mass is 16.4. The van der Waals surface area contributed by atoms with Gasteiger partial charge in [-0.25, -0.2) is 4.79 Å². The molecule has 8 heteroatoms. The van der Waals surface area contributed by atoms with E-state index in [1.54, 1.807) is 13.8 Å². The molecule has 0 unspecified atom stereocenters. The van der Waals surface area contributed by atoms with E-state index in [0.717, 1.165) is 22.3 Å². The third kappa shape index (κ3) is 3.99. The molecule has 0 fully saturated rings. The van der Waals surface area contributed by atoms with Crippen molar-refractivity contribution in [3.05, 3.63) is 54.1 Å². The Bertz CT molecular complexity index is 977. The number of nitrogens with one attached hydrogen (secondary N) is 1. The number of benzene rings is 2.